The monoisotopic (exact) mass is 296 g/mol. The van der Waals surface area contributed by atoms with Gasteiger partial charge in [-0.05, 0) is 32.0 Å². The maximum Gasteiger partial charge on any atom is 0.101 e. The van der Waals surface area contributed by atoms with E-state index in [1.807, 2.05) is 44.0 Å². The molecule has 0 bridgehead atoms. The minimum atomic E-state index is 0.237. The van der Waals surface area contributed by atoms with Gasteiger partial charge in [-0.25, -0.2) is 0 Å². The van der Waals surface area contributed by atoms with Gasteiger partial charge in [0.25, 0.3) is 0 Å². The second kappa shape index (κ2) is 6.63. The predicted molar refractivity (Wildman–Crippen MR) is 73.2 cm³/mol. The van der Waals surface area contributed by atoms with Gasteiger partial charge >= 0.3 is 0 Å². The van der Waals surface area contributed by atoms with E-state index in [0.29, 0.717) is 12.2 Å². The van der Waals surface area contributed by atoms with Gasteiger partial charge in [0.1, 0.15) is 6.07 Å². The maximum absolute atomic E-state index is 9.05. The standard InChI is InChI=1S/C13H17BrN2O/c1-10(2)17-7-6-16(3)13-8-12(14)5-4-11(13)9-15/h4-5,8,10H,6-7H2,1-3H3. The van der Waals surface area contributed by atoms with Crippen LogP contribution in [0.3, 0.4) is 0 Å². The summed E-state index contributed by atoms with van der Waals surface area (Å²) in [5.41, 5.74) is 1.61. The molecule has 0 amide bonds. The number of rotatable bonds is 5. The molecule has 0 saturated carbocycles. The normalized spacial score (nSPS) is 10.4. The smallest absolute Gasteiger partial charge is 0.101 e. The molecule has 17 heavy (non-hydrogen) atoms. The number of hydrogen-bond donors (Lipinski definition) is 0. The summed E-state index contributed by atoms with van der Waals surface area (Å²) in [6.07, 6.45) is 0.237. The molecule has 0 aliphatic rings. The van der Waals surface area contributed by atoms with Crippen LogP contribution in [0.15, 0.2) is 22.7 Å². The van der Waals surface area contributed by atoms with Gasteiger partial charge in [-0.3, -0.25) is 0 Å². The molecule has 4 heteroatoms. The lowest BCUT2D eigenvalue weighted by molar-refractivity contribution is 0.0846. The third-order valence-electron chi connectivity index (χ3n) is 2.37. The van der Waals surface area contributed by atoms with E-state index in [1.165, 1.54) is 0 Å². The first kappa shape index (κ1) is 14.0. The number of benzene rings is 1. The molecule has 0 spiro atoms. The summed E-state index contributed by atoms with van der Waals surface area (Å²) in [5, 5.41) is 9.05. The van der Waals surface area contributed by atoms with Crippen LogP contribution in [0.5, 0.6) is 0 Å². The molecule has 1 aromatic carbocycles. The zero-order chi connectivity index (χ0) is 12.8. The highest BCUT2D eigenvalue weighted by Gasteiger charge is 2.08. The van der Waals surface area contributed by atoms with Crippen LogP contribution in [0.2, 0.25) is 0 Å². The predicted octanol–water partition coefficient (Wildman–Crippen LogP) is 3.18. The van der Waals surface area contributed by atoms with Crippen molar-refractivity contribution in [3.63, 3.8) is 0 Å². The highest BCUT2D eigenvalue weighted by molar-refractivity contribution is 9.10. The van der Waals surface area contributed by atoms with Crippen molar-refractivity contribution in [3.05, 3.63) is 28.2 Å². The van der Waals surface area contributed by atoms with Crippen LogP contribution in [0.1, 0.15) is 19.4 Å². The topological polar surface area (TPSA) is 36.3 Å². The molecule has 92 valence electrons. The summed E-state index contributed by atoms with van der Waals surface area (Å²) in [6, 6.07) is 7.85. The van der Waals surface area contributed by atoms with E-state index in [9.17, 15) is 0 Å². The van der Waals surface area contributed by atoms with Gasteiger partial charge in [0.05, 0.1) is 24.0 Å². The quantitative estimate of drug-likeness (QED) is 0.837. The van der Waals surface area contributed by atoms with Crippen LogP contribution < -0.4 is 4.90 Å². The summed E-state index contributed by atoms with van der Waals surface area (Å²) < 4.78 is 6.48. The molecule has 0 aliphatic carbocycles. The molecule has 0 aromatic heterocycles. The lowest BCUT2D eigenvalue weighted by atomic mass is 10.2. The number of anilines is 1. The van der Waals surface area contributed by atoms with Gasteiger partial charge in [-0.2, -0.15) is 5.26 Å². The average Bonchev–Trinajstić information content (AvgIpc) is 2.28. The van der Waals surface area contributed by atoms with Crippen molar-refractivity contribution in [2.45, 2.75) is 20.0 Å². The van der Waals surface area contributed by atoms with E-state index in [0.717, 1.165) is 16.7 Å². The van der Waals surface area contributed by atoms with Gasteiger partial charge in [0.2, 0.25) is 0 Å². The van der Waals surface area contributed by atoms with Crippen molar-refractivity contribution < 1.29 is 4.74 Å². The summed E-state index contributed by atoms with van der Waals surface area (Å²) in [4.78, 5) is 2.03. The molecule has 0 N–H and O–H groups in total. The van der Waals surface area contributed by atoms with E-state index in [4.69, 9.17) is 10.00 Å². The van der Waals surface area contributed by atoms with Gasteiger partial charge in [0, 0.05) is 18.1 Å². The third kappa shape index (κ3) is 4.37. The van der Waals surface area contributed by atoms with Crippen LogP contribution in [0.25, 0.3) is 0 Å². The summed E-state index contributed by atoms with van der Waals surface area (Å²) >= 11 is 3.42. The van der Waals surface area contributed by atoms with Gasteiger partial charge in [0.15, 0.2) is 0 Å². The lowest BCUT2D eigenvalue weighted by Gasteiger charge is -2.21. The fourth-order valence-corrected chi connectivity index (χ4v) is 1.81. The molecule has 0 saturated heterocycles. The summed E-state index contributed by atoms with van der Waals surface area (Å²) in [6.45, 7) is 5.45. The Morgan fingerprint density at radius 2 is 2.18 bits per heavy atom. The Bertz CT molecular complexity index is 412. The molecule has 0 fully saturated rings. The van der Waals surface area contributed by atoms with E-state index in [1.54, 1.807) is 0 Å². The Balaban J connectivity index is 2.71. The van der Waals surface area contributed by atoms with E-state index in [-0.39, 0.29) is 6.10 Å². The van der Waals surface area contributed by atoms with Crippen LogP contribution in [0, 0.1) is 11.3 Å². The number of nitriles is 1. The Morgan fingerprint density at radius 3 is 2.76 bits per heavy atom. The zero-order valence-electron chi connectivity index (χ0n) is 10.4. The first-order chi connectivity index (χ1) is 8.04. The molecule has 0 unspecified atom stereocenters. The first-order valence-electron chi connectivity index (χ1n) is 5.57. The minimum Gasteiger partial charge on any atom is -0.377 e. The van der Waals surface area contributed by atoms with Crippen molar-refractivity contribution in [2.24, 2.45) is 0 Å². The molecule has 3 nitrogen and oxygen atoms in total. The van der Waals surface area contributed by atoms with Crippen molar-refractivity contribution in [3.8, 4) is 6.07 Å². The Morgan fingerprint density at radius 1 is 1.47 bits per heavy atom. The fourth-order valence-electron chi connectivity index (χ4n) is 1.46. The zero-order valence-corrected chi connectivity index (χ0v) is 12.0. The van der Waals surface area contributed by atoms with Gasteiger partial charge < -0.3 is 9.64 Å². The van der Waals surface area contributed by atoms with Gasteiger partial charge in [-0.1, -0.05) is 15.9 Å². The molecule has 0 aliphatic heterocycles. The van der Waals surface area contributed by atoms with E-state index >= 15 is 0 Å². The number of hydrogen-bond acceptors (Lipinski definition) is 3. The summed E-state index contributed by atoms with van der Waals surface area (Å²) in [5.74, 6) is 0. The lowest BCUT2D eigenvalue weighted by Crippen LogP contribution is -2.24. The van der Waals surface area contributed by atoms with E-state index in [2.05, 4.69) is 22.0 Å². The molecule has 0 heterocycles. The Hall–Kier alpha value is -1.05. The van der Waals surface area contributed by atoms with Crippen LogP contribution >= 0.6 is 15.9 Å². The molecule has 1 aromatic rings. The number of halogens is 1. The van der Waals surface area contributed by atoms with Crippen LogP contribution in [-0.2, 0) is 4.74 Å². The highest BCUT2D eigenvalue weighted by atomic mass is 79.9. The Kier molecular flexibility index (Phi) is 5.46. The van der Waals surface area contributed by atoms with Crippen molar-refractivity contribution in [1.29, 1.82) is 5.26 Å². The second-order valence-electron chi connectivity index (χ2n) is 4.11. The Labute approximate surface area is 111 Å². The maximum atomic E-state index is 9.05. The number of nitrogens with zero attached hydrogens (tertiary/aromatic N) is 2. The average molecular weight is 297 g/mol. The largest absolute Gasteiger partial charge is 0.377 e. The van der Waals surface area contributed by atoms with Gasteiger partial charge in [-0.15, -0.1) is 0 Å². The highest BCUT2D eigenvalue weighted by Crippen LogP contribution is 2.23. The van der Waals surface area contributed by atoms with E-state index < -0.39 is 0 Å². The SMILES string of the molecule is CC(C)OCCN(C)c1cc(Br)ccc1C#N. The van der Waals surface area contributed by atoms with Crippen molar-refractivity contribution in [1.82, 2.24) is 0 Å². The van der Waals surface area contributed by atoms with Crippen LogP contribution in [0.4, 0.5) is 5.69 Å². The fraction of sp³-hybridized carbons (Fsp3) is 0.462. The first-order valence-corrected chi connectivity index (χ1v) is 6.36. The molecule has 0 atom stereocenters. The number of likely N-dealkylation sites (N-methyl/N-ethyl adjacent to an activating group) is 1. The van der Waals surface area contributed by atoms with Crippen LogP contribution in [-0.4, -0.2) is 26.3 Å². The number of ether oxygens (including phenoxy) is 1. The molecule has 0 radical (unpaired) electrons. The molecular formula is C13H17BrN2O. The van der Waals surface area contributed by atoms with Crippen molar-refractivity contribution in [2.75, 3.05) is 25.1 Å². The van der Waals surface area contributed by atoms with Crippen molar-refractivity contribution >= 4 is 21.6 Å². The molecule has 1 rings (SSSR count). The second-order valence-corrected chi connectivity index (χ2v) is 5.03. The summed E-state index contributed by atoms with van der Waals surface area (Å²) in [7, 11) is 1.96. The third-order valence-corrected chi connectivity index (χ3v) is 2.86. The molecular weight excluding hydrogens is 280 g/mol. The minimum absolute atomic E-state index is 0.237.